The SMILES string of the molecule is CC/C=C\C/C=C\C/C=C\C/C=C\CCCCCCCCCOCC(CO)OC(=O)CCCCCCCCCCCC. The van der Waals surface area contributed by atoms with Crippen LogP contribution in [0.25, 0.3) is 0 Å². The summed E-state index contributed by atoms with van der Waals surface area (Å²) in [6.07, 6.45) is 44.3. The van der Waals surface area contributed by atoms with Crippen LogP contribution in [0.5, 0.6) is 0 Å². The van der Waals surface area contributed by atoms with Gasteiger partial charge in [-0.2, -0.15) is 0 Å². The number of carbonyl (C=O) groups excluding carboxylic acids is 1. The maximum atomic E-state index is 12.1. The lowest BCUT2D eigenvalue weighted by atomic mass is 10.1. The second kappa shape index (κ2) is 35.5. The van der Waals surface area contributed by atoms with E-state index in [-0.39, 0.29) is 19.2 Å². The Kier molecular flexibility index (Phi) is 34.1. The van der Waals surface area contributed by atoms with Crippen molar-refractivity contribution in [1.29, 1.82) is 0 Å². The Morgan fingerprint density at radius 1 is 0.595 bits per heavy atom. The summed E-state index contributed by atoms with van der Waals surface area (Å²) in [4.78, 5) is 12.1. The van der Waals surface area contributed by atoms with E-state index in [1.807, 2.05) is 0 Å². The number of unbranched alkanes of at least 4 members (excludes halogenated alkanes) is 16. The van der Waals surface area contributed by atoms with Crippen LogP contribution in [-0.4, -0.2) is 37.0 Å². The highest BCUT2D eigenvalue weighted by molar-refractivity contribution is 5.69. The van der Waals surface area contributed by atoms with Crippen molar-refractivity contribution in [2.45, 2.75) is 168 Å². The molecule has 4 heteroatoms. The van der Waals surface area contributed by atoms with E-state index in [1.165, 1.54) is 96.3 Å². The van der Waals surface area contributed by atoms with Gasteiger partial charge in [-0.3, -0.25) is 4.79 Å². The van der Waals surface area contributed by atoms with Crippen molar-refractivity contribution < 1.29 is 19.4 Å². The van der Waals surface area contributed by atoms with E-state index in [4.69, 9.17) is 9.47 Å². The number of hydrogen-bond donors (Lipinski definition) is 1. The quantitative estimate of drug-likeness (QED) is 0.0482. The molecule has 0 aromatic rings. The summed E-state index contributed by atoms with van der Waals surface area (Å²) >= 11 is 0. The molecular formula is C38H68O4. The van der Waals surface area contributed by atoms with Gasteiger partial charge in [-0.1, -0.05) is 152 Å². The molecule has 0 aromatic heterocycles. The van der Waals surface area contributed by atoms with E-state index in [1.54, 1.807) is 0 Å². The Balaban J connectivity index is 3.47. The highest BCUT2D eigenvalue weighted by atomic mass is 16.6. The van der Waals surface area contributed by atoms with Crippen molar-refractivity contribution in [3.8, 4) is 0 Å². The summed E-state index contributed by atoms with van der Waals surface area (Å²) < 4.78 is 11.1. The molecule has 0 bridgehead atoms. The first-order valence-corrected chi connectivity index (χ1v) is 17.7. The normalized spacial score (nSPS) is 12.9. The number of aliphatic hydroxyl groups excluding tert-OH is 1. The fourth-order valence-electron chi connectivity index (χ4n) is 4.79. The molecule has 0 amide bonds. The highest BCUT2D eigenvalue weighted by Gasteiger charge is 2.13. The first-order chi connectivity index (χ1) is 20.7. The van der Waals surface area contributed by atoms with Gasteiger partial charge >= 0.3 is 5.97 Å². The molecule has 0 fully saturated rings. The Labute approximate surface area is 261 Å². The van der Waals surface area contributed by atoms with E-state index in [0.717, 1.165) is 44.9 Å². The van der Waals surface area contributed by atoms with Crippen molar-refractivity contribution >= 4 is 5.97 Å². The fraction of sp³-hybridized carbons (Fsp3) is 0.763. The summed E-state index contributed by atoms with van der Waals surface area (Å²) in [6.45, 7) is 5.19. The molecule has 0 rings (SSSR count). The molecule has 1 unspecified atom stereocenters. The van der Waals surface area contributed by atoms with E-state index in [0.29, 0.717) is 13.0 Å². The second-order valence-corrected chi connectivity index (χ2v) is 11.6. The lowest BCUT2D eigenvalue weighted by Gasteiger charge is -2.16. The van der Waals surface area contributed by atoms with Crippen LogP contribution < -0.4 is 0 Å². The van der Waals surface area contributed by atoms with E-state index in [9.17, 15) is 9.90 Å². The van der Waals surface area contributed by atoms with Crippen molar-refractivity contribution in [2.24, 2.45) is 0 Å². The fourth-order valence-corrected chi connectivity index (χ4v) is 4.79. The summed E-state index contributed by atoms with van der Waals surface area (Å²) in [5.74, 6) is -0.209. The molecule has 244 valence electrons. The van der Waals surface area contributed by atoms with Gasteiger partial charge in [0.1, 0.15) is 6.10 Å². The average molecular weight is 589 g/mol. The van der Waals surface area contributed by atoms with Gasteiger partial charge in [0.05, 0.1) is 13.2 Å². The minimum atomic E-state index is -0.536. The largest absolute Gasteiger partial charge is 0.457 e. The number of esters is 1. The maximum Gasteiger partial charge on any atom is 0.306 e. The van der Waals surface area contributed by atoms with Crippen molar-refractivity contribution in [1.82, 2.24) is 0 Å². The number of aliphatic hydroxyl groups is 1. The van der Waals surface area contributed by atoms with Crippen molar-refractivity contribution in [3.63, 3.8) is 0 Å². The third-order valence-corrected chi connectivity index (χ3v) is 7.42. The van der Waals surface area contributed by atoms with Crippen LogP contribution in [0.4, 0.5) is 0 Å². The highest BCUT2D eigenvalue weighted by Crippen LogP contribution is 2.12. The van der Waals surface area contributed by atoms with Gasteiger partial charge in [-0.25, -0.2) is 0 Å². The molecule has 0 aromatic carbocycles. The van der Waals surface area contributed by atoms with Gasteiger partial charge in [0.2, 0.25) is 0 Å². The predicted molar refractivity (Wildman–Crippen MR) is 182 cm³/mol. The smallest absolute Gasteiger partial charge is 0.306 e. The van der Waals surface area contributed by atoms with E-state index < -0.39 is 6.10 Å². The molecule has 0 saturated heterocycles. The molecule has 1 N–H and O–H groups in total. The lowest BCUT2D eigenvalue weighted by Crippen LogP contribution is -2.27. The molecule has 0 radical (unpaired) electrons. The first-order valence-electron chi connectivity index (χ1n) is 17.7. The number of allylic oxidation sites excluding steroid dienone is 8. The molecular weight excluding hydrogens is 520 g/mol. The number of hydrogen-bond acceptors (Lipinski definition) is 4. The van der Waals surface area contributed by atoms with Crippen LogP contribution in [0.2, 0.25) is 0 Å². The molecule has 42 heavy (non-hydrogen) atoms. The summed E-state index contributed by atoms with van der Waals surface area (Å²) in [5.41, 5.74) is 0. The zero-order valence-corrected chi connectivity index (χ0v) is 27.8. The van der Waals surface area contributed by atoms with Crippen LogP contribution >= 0.6 is 0 Å². The van der Waals surface area contributed by atoms with Crippen LogP contribution in [0.3, 0.4) is 0 Å². The van der Waals surface area contributed by atoms with Gasteiger partial charge < -0.3 is 14.6 Å². The van der Waals surface area contributed by atoms with Crippen LogP contribution in [0, 0.1) is 0 Å². The van der Waals surface area contributed by atoms with E-state index in [2.05, 4.69) is 62.5 Å². The molecule has 1 atom stereocenters. The third-order valence-electron chi connectivity index (χ3n) is 7.42. The van der Waals surface area contributed by atoms with Gasteiger partial charge in [-0.15, -0.1) is 0 Å². The monoisotopic (exact) mass is 589 g/mol. The van der Waals surface area contributed by atoms with Gasteiger partial charge in [0, 0.05) is 13.0 Å². The zero-order valence-electron chi connectivity index (χ0n) is 27.8. The van der Waals surface area contributed by atoms with Gasteiger partial charge in [-0.05, 0) is 51.4 Å². The Morgan fingerprint density at radius 3 is 1.62 bits per heavy atom. The molecule has 4 nitrogen and oxygen atoms in total. The average Bonchev–Trinajstić information content (AvgIpc) is 3.00. The zero-order chi connectivity index (χ0) is 30.6. The number of ether oxygens (including phenoxy) is 2. The van der Waals surface area contributed by atoms with Crippen LogP contribution in [0.15, 0.2) is 48.6 Å². The van der Waals surface area contributed by atoms with Crippen LogP contribution in [0.1, 0.15) is 162 Å². The molecule has 0 aliphatic heterocycles. The van der Waals surface area contributed by atoms with Gasteiger partial charge in [0.25, 0.3) is 0 Å². The summed E-state index contributed by atoms with van der Waals surface area (Å²) in [5, 5.41) is 9.52. The molecule has 0 saturated carbocycles. The minimum Gasteiger partial charge on any atom is -0.457 e. The van der Waals surface area contributed by atoms with E-state index >= 15 is 0 Å². The topological polar surface area (TPSA) is 55.8 Å². The predicted octanol–water partition coefficient (Wildman–Crippen LogP) is 11.1. The minimum absolute atomic E-state index is 0.176. The molecule has 0 heterocycles. The molecule has 0 aliphatic carbocycles. The van der Waals surface area contributed by atoms with Crippen LogP contribution in [-0.2, 0) is 14.3 Å². The second-order valence-electron chi connectivity index (χ2n) is 11.6. The third kappa shape index (κ3) is 32.9. The number of carbonyl (C=O) groups is 1. The van der Waals surface area contributed by atoms with Gasteiger partial charge in [0.15, 0.2) is 0 Å². The first kappa shape index (κ1) is 40.4. The Bertz CT molecular complexity index is 664. The van der Waals surface area contributed by atoms with Crippen molar-refractivity contribution in [3.05, 3.63) is 48.6 Å². The summed E-state index contributed by atoms with van der Waals surface area (Å²) in [6, 6.07) is 0. The Hall–Kier alpha value is -1.65. The number of rotatable bonds is 32. The Morgan fingerprint density at radius 2 is 1.07 bits per heavy atom. The maximum absolute atomic E-state index is 12.1. The molecule has 0 spiro atoms. The lowest BCUT2D eigenvalue weighted by molar-refractivity contribution is -0.154. The summed E-state index contributed by atoms with van der Waals surface area (Å²) in [7, 11) is 0. The standard InChI is InChI=1S/C38H68O4/c1-3-5-7-9-11-13-15-16-17-18-19-20-21-22-23-24-26-28-30-32-34-41-36-37(35-39)42-38(40)33-31-29-27-25-14-12-10-8-6-4-2/h5,7,11,13,16-17,19-20,37,39H,3-4,6,8-10,12,14-15,18,21-36H2,1-2H3/b7-5-,13-11-,17-16-,20-19-. The van der Waals surface area contributed by atoms with Crippen molar-refractivity contribution in [2.75, 3.05) is 19.8 Å². The molecule has 0 aliphatic rings.